The molecule has 66 valence electrons. The molecule has 0 radical (unpaired) electrons. The van der Waals surface area contributed by atoms with Crippen LogP contribution >= 0.6 is 0 Å². The maximum absolute atomic E-state index is 8.85. The van der Waals surface area contributed by atoms with E-state index in [0.717, 1.165) is 12.0 Å². The highest BCUT2D eigenvalue weighted by Crippen LogP contribution is 2.06. The number of aryl methyl sites for hydroxylation is 1. The quantitative estimate of drug-likeness (QED) is 0.611. The zero-order valence-electron chi connectivity index (χ0n) is 7.36. The van der Waals surface area contributed by atoms with Gasteiger partial charge in [0.2, 0.25) is 0 Å². The predicted octanol–water partition coefficient (Wildman–Crippen LogP) is -0.200. The third-order valence-electron chi connectivity index (χ3n) is 1.93. The summed E-state index contributed by atoms with van der Waals surface area (Å²) in [5.41, 5.74) is 1.79. The van der Waals surface area contributed by atoms with Gasteiger partial charge in [0, 0.05) is 0 Å². The van der Waals surface area contributed by atoms with Crippen molar-refractivity contribution < 1.29 is 10.0 Å². The normalized spacial score (nSPS) is 9.38. The minimum Gasteiger partial charge on any atom is -0.423 e. The van der Waals surface area contributed by atoms with Crippen LogP contribution in [0.5, 0.6) is 0 Å². The Morgan fingerprint density at radius 2 is 2.15 bits per heavy atom. The Bertz CT molecular complexity index is 344. The summed E-state index contributed by atoms with van der Waals surface area (Å²) in [6.45, 7) is 1.95. The van der Waals surface area contributed by atoms with E-state index in [1.807, 2.05) is 13.0 Å². The molecule has 0 heterocycles. The summed E-state index contributed by atoms with van der Waals surface area (Å²) in [7, 11) is -1.50. The first-order valence-corrected chi connectivity index (χ1v) is 4.08. The van der Waals surface area contributed by atoms with Crippen molar-refractivity contribution in [2.24, 2.45) is 0 Å². The molecule has 0 spiro atoms. The van der Waals surface area contributed by atoms with Gasteiger partial charge in [0.1, 0.15) is 0 Å². The van der Waals surface area contributed by atoms with Crippen molar-refractivity contribution in [3.8, 4) is 6.07 Å². The highest BCUT2D eigenvalue weighted by atomic mass is 16.4. The van der Waals surface area contributed by atoms with Crippen LogP contribution in [0.25, 0.3) is 0 Å². The lowest BCUT2D eigenvalue weighted by atomic mass is 9.79. The average Bonchev–Trinajstić information content (AvgIpc) is 2.16. The minimum atomic E-state index is -1.50. The van der Waals surface area contributed by atoms with Crippen LogP contribution in [-0.4, -0.2) is 17.2 Å². The van der Waals surface area contributed by atoms with Gasteiger partial charge in [0.25, 0.3) is 0 Å². The van der Waals surface area contributed by atoms with E-state index in [1.165, 1.54) is 6.07 Å². The standard InChI is InChI=1S/C9H10BNO2/c1-2-7-3-4-9(10(12)13)5-8(7)6-11/h3-5,12-13H,2H2,1H3. The second-order valence-corrected chi connectivity index (χ2v) is 2.76. The Morgan fingerprint density at radius 1 is 1.46 bits per heavy atom. The number of nitriles is 1. The van der Waals surface area contributed by atoms with Crippen molar-refractivity contribution in [1.82, 2.24) is 0 Å². The van der Waals surface area contributed by atoms with Crippen LogP contribution in [-0.2, 0) is 6.42 Å². The number of hydrogen-bond acceptors (Lipinski definition) is 3. The van der Waals surface area contributed by atoms with Crippen LogP contribution < -0.4 is 5.46 Å². The first-order chi connectivity index (χ1) is 6.19. The van der Waals surface area contributed by atoms with Crippen LogP contribution in [0.4, 0.5) is 0 Å². The van der Waals surface area contributed by atoms with E-state index in [1.54, 1.807) is 12.1 Å². The largest absolute Gasteiger partial charge is 0.488 e. The highest BCUT2D eigenvalue weighted by molar-refractivity contribution is 6.58. The summed E-state index contributed by atoms with van der Waals surface area (Å²) in [6.07, 6.45) is 0.769. The fourth-order valence-electron chi connectivity index (χ4n) is 1.17. The smallest absolute Gasteiger partial charge is 0.423 e. The van der Waals surface area contributed by atoms with E-state index in [4.69, 9.17) is 15.3 Å². The molecule has 0 unspecified atom stereocenters. The molecule has 0 aromatic heterocycles. The van der Waals surface area contributed by atoms with E-state index in [-0.39, 0.29) is 0 Å². The minimum absolute atomic E-state index is 0.355. The number of hydrogen-bond donors (Lipinski definition) is 2. The van der Waals surface area contributed by atoms with Gasteiger partial charge in [-0.25, -0.2) is 0 Å². The van der Waals surface area contributed by atoms with Crippen molar-refractivity contribution in [3.63, 3.8) is 0 Å². The lowest BCUT2D eigenvalue weighted by molar-refractivity contribution is 0.426. The molecule has 0 aliphatic carbocycles. The molecule has 0 aliphatic heterocycles. The average molecular weight is 175 g/mol. The first-order valence-electron chi connectivity index (χ1n) is 4.08. The zero-order valence-corrected chi connectivity index (χ0v) is 7.36. The second kappa shape index (κ2) is 4.08. The van der Waals surface area contributed by atoms with Gasteiger partial charge in [-0.3, -0.25) is 0 Å². The predicted molar refractivity (Wildman–Crippen MR) is 50.4 cm³/mol. The van der Waals surface area contributed by atoms with Crippen LogP contribution in [0, 0.1) is 11.3 Å². The van der Waals surface area contributed by atoms with Crippen LogP contribution in [0.1, 0.15) is 18.1 Å². The Kier molecular flexibility index (Phi) is 3.07. The van der Waals surface area contributed by atoms with Crippen molar-refractivity contribution in [1.29, 1.82) is 5.26 Å². The molecule has 3 nitrogen and oxygen atoms in total. The summed E-state index contributed by atoms with van der Waals surface area (Å²) in [5.74, 6) is 0. The van der Waals surface area contributed by atoms with Crippen LogP contribution in [0.3, 0.4) is 0 Å². The molecule has 1 aromatic rings. The maximum atomic E-state index is 8.85. The van der Waals surface area contributed by atoms with Gasteiger partial charge in [-0.2, -0.15) is 5.26 Å². The number of benzene rings is 1. The van der Waals surface area contributed by atoms with Crippen molar-refractivity contribution in [3.05, 3.63) is 29.3 Å². The first kappa shape index (κ1) is 9.78. The zero-order chi connectivity index (χ0) is 9.84. The summed E-state index contributed by atoms with van der Waals surface area (Å²) in [4.78, 5) is 0. The summed E-state index contributed by atoms with van der Waals surface area (Å²) < 4.78 is 0. The van der Waals surface area contributed by atoms with E-state index < -0.39 is 7.12 Å². The third kappa shape index (κ3) is 2.08. The molecule has 0 atom stereocenters. The fraction of sp³-hybridized carbons (Fsp3) is 0.222. The fourth-order valence-corrected chi connectivity index (χ4v) is 1.17. The van der Waals surface area contributed by atoms with Crippen LogP contribution in [0.2, 0.25) is 0 Å². The molecule has 0 aliphatic rings. The number of rotatable bonds is 2. The molecule has 0 bridgehead atoms. The molecule has 0 amide bonds. The van der Waals surface area contributed by atoms with Gasteiger partial charge in [-0.15, -0.1) is 0 Å². The van der Waals surface area contributed by atoms with E-state index in [9.17, 15) is 0 Å². The Morgan fingerprint density at radius 3 is 2.62 bits per heavy atom. The lowest BCUT2D eigenvalue weighted by Crippen LogP contribution is -2.30. The van der Waals surface area contributed by atoms with Crippen molar-refractivity contribution >= 4 is 12.6 Å². The molecular weight excluding hydrogens is 165 g/mol. The topological polar surface area (TPSA) is 64.2 Å². The molecule has 13 heavy (non-hydrogen) atoms. The Labute approximate surface area is 77.4 Å². The molecule has 2 N–H and O–H groups in total. The van der Waals surface area contributed by atoms with Crippen molar-refractivity contribution in [2.75, 3.05) is 0 Å². The Hall–Kier alpha value is -1.31. The molecule has 0 saturated heterocycles. The van der Waals surface area contributed by atoms with E-state index in [2.05, 4.69) is 0 Å². The third-order valence-corrected chi connectivity index (χ3v) is 1.93. The SMILES string of the molecule is CCc1ccc(B(O)O)cc1C#N. The van der Waals surface area contributed by atoms with Gasteiger partial charge in [-0.1, -0.05) is 19.1 Å². The van der Waals surface area contributed by atoms with Crippen LogP contribution in [0.15, 0.2) is 18.2 Å². The summed E-state index contributed by atoms with van der Waals surface area (Å²) >= 11 is 0. The maximum Gasteiger partial charge on any atom is 0.488 e. The molecule has 4 heteroatoms. The monoisotopic (exact) mass is 175 g/mol. The second-order valence-electron chi connectivity index (χ2n) is 2.76. The molecule has 0 saturated carbocycles. The van der Waals surface area contributed by atoms with Gasteiger partial charge >= 0.3 is 7.12 Å². The molecular formula is C9H10BNO2. The van der Waals surface area contributed by atoms with Gasteiger partial charge in [-0.05, 0) is 23.5 Å². The number of nitrogens with zero attached hydrogens (tertiary/aromatic N) is 1. The van der Waals surface area contributed by atoms with Crippen molar-refractivity contribution in [2.45, 2.75) is 13.3 Å². The summed E-state index contributed by atoms with van der Waals surface area (Å²) in [5, 5.41) is 26.4. The van der Waals surface area contributed by atoms with Gasteiger partial charge < -0.3 is 10.0 Å². The van der Waals surface area contributed by atoms with E-state index in [0.29, 0.717) is 11.0 Å². The molecule has 1 rings (SSSR count). The Balaban J connectivity index is 3.15. The lowest BCUT2D eigenvalue weighted by Gasteiger charge is -2.03. The highest BCUT2D eigenvalue weighted by Gasteiger charge is 2.12. The van der Waals surface area contributed by atoms with Gasteiger partial charge in [0.15, 0.2) is 0 Å². The molecule has 0 fully saturated rings. The summed E-state index contributed by atoms with van der Waals surface area (Å²) in [6, 6.07) is 6.88. The van der Waals surface area contributed by atoms with Gasteiger partial charge in [0.05, 0.1) is 11.6 Å². The molecule has 1 aromatic carbocycles. The van der Waals surface area contributed by atoms with E-state index >= 15 is 0 Å².